The zero-order valence-electron chi connectivity index (χ0n) is 15.1. The van der Waals surface area contributed by atoms with Crippen molar-refractivity contribution < 1.29 is 22.7 Å². The first kappa shape index (κ1) is 19.1. The molecule has 2 aromatic rings. The van der Waals surface area contributed by atoms with E-state index in [2.05, 4.69) is 9.71 Å². The number of hydrogen-bond acceptors (Lipinski definition) is 7. The predicted molar refractivity (Wildman–Crippen MR) is 100.0 cm³/mol. The Morgan fingerprint density at radius 2 is 2.11 bits per heavy atom. The van der Waals surface area contributed by atoms with Crippen LogP contribution in [-0.2, 0) is 30.7 Å². The second-order valence-corrected chi connectivity index (χ2v) is 7.58. The molecule has 0 amide bonds. The molecule has 9 heteroatoms. The minimum Gasteiger partial charge on any atom is -0.464 e. The summed E-state index contributed by atoms with van der Waals surface area (Å²) in [6.07, 6.45) is 1.83. The molecule has 0 saturated heterocycles. The highest BCUT2D eigenvalue weighted by atomic mass is 32.2. The molecule has 0 spiro atoms. The van der Waals surface area contributed by atoms with Crippen LogP contribution in [0.5, 0.6) is 0 Å². The minimum atomic E-state index is -3.87. The number of rotatable bonds is 7. The minimum absolute atomic E-state index is 0.0826. The van der Waals surface area contributed by atoms with Crippen molar-refractivity contribution in [2.24, 2.45) is 0 Å². The Kier molecular flexibility index (Phi) is 5.62. The van der Waals surface area contributed by atoms with Crippen LogP contribution in [0.2, 0.25) is 0 Å². The molecule has 1 N–H and O–H groups in total. The largest absolute Gasteiger partial charge is 0.464 e. The van der Waals surface area contributed by atoms with Gasteiger partial charge in [0.1, 0.15) is 12.8 Å². The number of hydrogen-bond donors (Lipinski definition) is 1. The van der Waals surface area contributed by atoms with Crippen LogP contribution < -0.4 is 9.62 Å². The molecule has 0 saturated carbocycles. The second kappa shape index (κ2) is 7.93. The maximum absolute atomic E-state index is 12.7. The molecule has 144 valence electrons. The molecule has 1 unspecified atom stereocenters. The van der Waals surface area contributed by atoms with Gasteiger partial charge in [-0.3, -0.25) is 4.72 Å². The van der Waals surface area contributed by atoms with Gasteiger partial charge in [-0.25, -0.2) is 9.78 Å². The monoisotopic (exact) mass is 391 g/mol. The van der Waals surface area contributed by atoms with Crippen LogP contribution in [0.25, 0.3) is 0 Å². The zero-order chi connectivity index (χ0) is 19.4. The molecule has 1 atom stereocenters. The van der Waals surface area contributed by atoms with E-state index in [4.69, 9.17) is 9.47 Å². The Morgan fingerprint density at radius 1 is 1.30 bits per heavy atom. The van der Waals surface area contributed by atoms with E-state index in [1.165, 1.54) is 19.4 Å². The van der Waals surface area contributed by atoms with E-state index in [0.717, 1.165) is 5.56 Å². The van der Waals surface area contributed by atoms with Crippen LogP contribution >= 0.6 is 0 Å². The average molecular weight is 391 g/mol. The number of sulfonamides is 1. The predicted octanol–water partition coefficient (Wildman–Crippen LogP) is 1.78. The van der Waals surface area contributed by atoms with Gasteiger partial charge >= 0.3 is 5.97 Å². The van der Waals surface area contributed by atoms with Crippen molar-refractivity contribution in [1.29, 1.82) is 0 Å². The van der Waals surface area contributed by atoms with Crippen molar-refractivity contribution in [3.63, 3.8) is 0 Å². The molecular weight excluding hydrogens is 370 g/mol. The molecule has 0 aliphatic carbocycles. The number of methoxy groups -OCH3 is 1. The molecule has 0 radical (unpaired) electrons. The lowest BCUT2D eigenvalue weighted by Crippen LogP contribution is -2.41. The van der Waals surface area contributed by atoms with Crippen molar-refractivity contribution in [3.8, 4) is 0 Å². The fraction of sp³-hybridized carbons (Fsp3) is 0.333. The lowest BCUT2D eigenvalue weighted by molar-refractivity contribution is -0.144. The van der Waals surface area contributed by atoms with Gasteiger partial charge in [-0.15, -0.1) is 0 Å². The van der Waals surface area contributed by atoms with Crippen LogP contribution in [0.3, 0.4) is 0 Å². The van der Waals surface area contributed by atoms with Gasteiger partial charge in [0, 0.05) is 19.7 Å². The highest BCUT2D eigenvalue weighted by Crippen LogP contribution is 2.39. The normalized spacial score (nSPS) is 16.1. The summed E-state index contributed by atoms with van der Waals surface area (Å²) in [5, 5.41) is -0.0826. The number of para-hydroxylation sites is 1. The number of carbonyl (C=O) groups is 1. The maximum Gasteiger partial charge on any atom is 0.329 e. The van der Waals surface area contributed by atoms with Gasteiger partial charge in [0.15, 0.2) is 5.03 Å². The van der Waals surface area contributed by atoms with Crippen molar-refractivity contribution in [2.75, 3.05) is 30.1 Å². The lowest BCUT2D eigenvalue weighted by Gasteiger charge is -2.26. The van der Waals surface area contributed by atoms with Gasteiger partial charge in [0.25, 0.3) is 10.0 Å². The van der Waals surface area contributed by atoms with Crippen molar-refractivity contribution >= 4 is 27.4 Å². The SMILES string of the molecule is CCOC(=O)C1Cc2cccc(NS(=O)(=O)c3ccccn3)c2N1COC. The fourth-order valence-electron chi connectivity index (χ4n) is 3.10. The van der Waals surface area contributed by atoms with Gasteiger partial charge in [-0.1, -0.05) is 18.2 Å². The van der Waals surface area contributed by atoms with Crippen molar-refractivity contribution in [2.45, 2.75) is 24.4 Å². The number of aromatic nitrogens is 1. The molecule has 1 aliphatic rings. The summed E-state index contributed by atoms with van der Waals surface area (Å²) in [6, 6.07) is 9.34. The number of anilines is 2. The molecule has 1 aromatic heterocycles. The molecule has 27 heavy (non-hydrogen) atoms. The van der Waals surface area contributed by atoms with E-state index in [9.17, 15) is 13.2 Å². The molecule has 0 bridgehead atoms. The topological polar surface area (TPSA) is 97.8 Å². The number of esters is 1. The number of ether oxygens (including phenoxy) is 2. The van der Waals surface area contributed by atoms with Crippen LogP contribution in [0.4, 0.5) is 11.4 Å². The quantitative estimate of drug-likeness (QED) is 0.719. The Bertz CT molecular complexity index is 918. The molecule has 2 heterocycles. The van der Waals surface area contributed by atoms with Gasteiger partial charge in [-0.2, -0.15) is 8.42 Å². The summed E-state index contributed by atoms with van der Waals surface area (Å²) in [4.78, 5) is 18.0. The van der Waals surface area contributed by atoms with E-state index in [1.54, 1.807) is 36.1 Å². The smallest absolute Gasteiger partial charge is 0.329 e. The zero-order valence-corrected chi connectivity index (χ0v) is 15.9. The van der Waals surface area contributed by atoms with Crippen LogP contribution in [0.15, 0.2) is 47.6 Å². The summed E-state index contributed by atoms with van der Waals surface area (Å²) in [5.74, 6) is -0.371. The third-order valence-electron chi connectivity index (χ3n) is 4.18. The first-order valence-corrected chi connectivity index (χ1v) is 9.94. The summed E-state index contributed by atoms with van der Waals surface area (Å²) in [5.41, 5.74) is 1.81. The van der Waals surface area contributed by atoms with E-state index in [1.807, 2.05) is 6.07 Å². The molecule has 8 nitrogen and oxygen atoms in total. The van der Waals surface area contributed by atoms with Crippen molar-refractivity contribution in [1.82, 2.24) is 4.98 Å². The molecule has 1 aliphatic heterocycles. The van der Waals surface area contributed by atoms with E-state index < -0.39 is 16.1 Å². The summed E-state index contributed by atoms with van der Waals surface area (Å²) in [6.45, 7) is 2.14. The summed E-state index contributed by atoms with van der Waals surface area (Å²) in [7, 11) is -2.35. The standard InChI is InChI=1S/C18H21N3O5S/c1-3-26-18(22)15-11-13-7-6-8-14(17(13)21(15)12-25-2)20-27(23,24)16-9-4-5-10-19-16/h4-10,15,20H,3,11-12H2,1-2H3. The molecule has 0 fully saturated rings. The average Bonchev–Trinajstić information content (AvgIpc) is 3.03. The Balaban J connectivity index is 1.97. The number of fused-ring (bicyclic) bond motifs is 1. The number of nitrogens with one attached hydrogen (secondary N) is 1. The highest BCUT2D eigenvalue weighted by Gasteiger charge is 2.37. The first-order valence-electron chi connectivity index (χ1n) is 8.46. The Labute approximate surface area is 158 Å². The van der Waals surface area contributed by atoms with Crippen LogP contribution in [0, 0.1) is 0 Å². The van der Waals surface area contributed by atoms with Crippen LogP contribution in [0.1, 0.15) is 12.5 Å². The fourth-order valence-corrected chi connectivity index (χ4v) is 4.11. The molecular formula is C18H21N3O5S. The molecule has 3 rings (SSSR count). The Hall–Kier alpha value is -2.65. The van der Waals surface area contributed by atoms with E-state index in [0.29, 0.717) is 17.8 Å². The number of nitrogens with zero attached hydrogens (tertiary/aromatic N) is 2. The summed E-state index contributed by atoms with van der Waals surface area (Å²) < 4.78 is 38.3. The van der Waals surface area contributed by atoms with Crippen LogP contribution in [-0.4, -0.2) is 45.9 Å². The lowest BCUT2D eigenvalue weighted by atomic mass is 10.1. The third kappa shape index (κ3) is 3.88. The van der Waals surface area contributed by atoms with Gasteiger partial charge in [0.05, 0.1) is 18.0 Å². The van der Waals surface area contributed by atoms with E-state index in [-0.39, 0.29) is 24.3 Å². The third-order valence-corrected chi connectivity index (χ3v) is 5.46. The van der Waals surface area contributed by atoms with Crippen molar-refractivity contribution in [3.05, 3.63) is 48.2 Å². The molecule has 1 aromatic carbocycles. The highest BCUT2D eigenvalue weighted by molar-refractivity contribution is 7.92. The summed E-state index contributed by atoms with van der Waals surface area (Å²) >= 11 is 0. The second-order valence-electron chi connectivity index (χ2n) is 5.95. The maximum atomic E-state index is 12.7. The van der Waals surface area contributed by atoms with Gasteiger partial charge in [0.2, 0.25) is 0 Å². The number of benzene rings is 1. The number of carbonyl (C=O) groups excluding carboxylic acids is 1. The van der Waals surface area contributed by atoms with Gasteiger partial charge < -0.3 is 14.4 Å². The Morgan fingerprint density at radius 3 is 2.78 bits per heavy atom. The first-order chi connectivity index (χ1) is 13.0. The number of pyridine rings is 1. The van der Waals surface area contributed by atoms with Gasteiger partial charge in [-0.05, 0) is 30.7 Å². The van der Waals surface area contributed by atoms with E-state index >= 15 is 0 Å².